The van der Waals surface area contributed by atoms with Crippen molar-refractivity contribution in [3.05, 3.63) is 53.6 Å². The predicted octanol–water partition coefficient (Wildman–Crippen LogP) is 4.12. The Morgan fingerprint density at radius 3 is 2.74 bits per heavy atom. The standard InChI is InChI=1S/C17H16N2O3S/c1-11-8-9-15(21-11)14-10-23-17(18-14)19-16(20)12(2)22-13-6-4-3-5-7-13/h3-10,12H,1-2H3,(H,18,19,20). The van der Waals surface area contributed by atoms with E-state index >= 15 is 0 Å². The number of anilines is 1. The molecule has 0 radical (unpaired) electrons. The van der Waals surface area contributed by atoms with Crippen molar-refractivity contribution >= 4 is 22.4 Å². The number of nitrogens with zero attached hydrogens (tertiary/aromatic N) is 1. The molecule has 5 nitrogen and oxygen atoms in total. The number of carbonyl (C=O) groups is 1. The summed E-state index contributed by atoms with van der Waals surface area (Å²) >= 11 is 1.35. The second kappa shape index (κ2) is 6.66. The third-order valence-corrected chi connectivity index (χ3v) is 3.91. The van der Waals surface area contributed by atoms with Crippen LogP contribution in [0.1, 0.15) is 12.7 Å². The molecule has 2 aromatic heterocycles. The Balaban J connectivity index is 1.63. The number of hydrogen-bond acceptors (Lipinski definition) is 5. The fourth-order valence-electron chi connectivity index (χ4n) is 1.98. The van der Waals surface area contributed by atoms with E-state index in [0.717, 1.165) is 5.76 Å². The Labute approximate surface area is 137 Å². The SMILES string of the molecule is Cc1ccc(-c2csc(NC(=O)C(C)Oc3ccccc3)n2)o1. The van der Waals surface area contributed by atoms with Crippen LogP contribution in [-0.4, -0.2) is 17.0 Å². The maximum Gasteiger partial charge on any atom is 0.266 e. The van der Waals surface area contributed by atoms with Gasteiger partial charge in [0.2, 0.25) is 0 Å². The van der Waals surface area contributed by atoms with E-state index in [4.69, 9.17) is 9.15 Å². The second-order valence-electron chi connectivity index (χ2n) is 5.01. The number of aryl methyl sites for hydroxylation is 1. The van der Waals surface area contributed by atoms with E-state index in [2.05, 4.69) is 10.3 Å². The van der Waals surface area contributed by atoms with Gasteiger partial charge in [-0.05, 0) is 38.1 Å². The molecular formula is C17H16N2O3S. The van der Waals surface area contributed by atoms with E-state index in [-0.39, 0.29) is 5.91 Å². The molecule has 0 fully saturated rings. The molecule has 23 heavy (non-hydrogen) atoms. The maximum atomic E-state index is 12.2. The Hall–Kier alpha value is -2.60. The van der Waals surface area contributed by atoms with E-state index < -0.39 is 6.10 Å². The molecule has 1 N–H and O–H groups in total. The van der Waals surface area contributed by atoms with Crippen LogP contribution in [0.5, 0.6) is 5.75 Å². The average molecular weight is 328 g/mol. The van der Waals surface area contributed by atoms with E-state index in [1.54, 1.807) is 6.92 Å². The molecule has 6 heteroatoms. The lowest BCUT2D eigenvalue weighted by molar-refractivity contribution is -0.122. The number of nitrogens with one attached hydrogen (secondary N) is 1. The Kier molecular flexibility index (Phi) is 4.43. The van der Waals surface area contributed by atoms with Gasteiger partial charge in [0.15, 0.2) is 17.0 Å². The van der Waals surface area contributed by atoms with Gasteiger partial charge in [0, 0.05) is 5.38 Å². The summed E-state index contributed by atoms with van der Waals surface area (Å²) in [5, 5.41) is 5.12. The lowest BCUT2D eigenvalue weighted by atomic mass is 10.3. The summed E-state index contributed by atoms with van der Waals surface area (Å²) in [5.41, 5.74) is 0.704. The number of carbonyl (C=O) groups excluding carboxylic acids is 1. The molecule has 0 bridgehead atoms. The molecular weight excluding hydrogens is 312 g/mol. The van der Waals surface area contributed by atoms with Crippen molar-refractivity contribution in [1.82, 2.24) is 4.98 Å². The van der Waals surface area contributed by atoms with Crippen LogP contribution in [0.3, 0.4) is 0 Å². The fraction of sp³-hybridized carbons (Fsp3) is 0.176. The zero-order chi connectivity index (χ0) is 16.2. The molecule has 0 aliphatic heterocycles. The topological polar surface area (TPSA) is 64.4 Å². The summed E-state index contributed by atoms with van der Waals surface area (Å²) in [5.74, 6) is 1.92. The minimum atomic E-state index is -0.615. The molecule has 0 aliphatic carbocycles. The summed E-state index contributed by atoms with van der Waals surface area (Å²) < 4.78 is 11.1. The summed E-state index contributed by atoms with van der Waals surface area (Å²) in [6.07, 6.45) is -0.615. The number of thiazole rings is 1. The van der Waals surface area contributed by atoms with E-state index in [9.17, 15) is 4.79 Å². The Morgan fingerprint density at radius 2 is 2.04 bits per heavy atom. The molecule has 118 valence electrons. The average Bonchev–Trinajstić information content (AvgIpc) is 3.17. The quantitative estimate of drug-likeness (QED) is 0.765. The first-order valence-electron chi connectivity index (χ1n) is 7.17. The van der Waals surface area contributed by atoms with Gasteiger partial charge < -0.3 is 9.15 Å². The summed E-state index contributed by atoms with van der Waals surface area (Å²) in [6.45, 7) is 3.58. The summed E-state index contributed by atoms with van der Waals surface area (Å²) in [4.78, 5) is 16.5. The van der Waals surface area contributed by atoms with Gasteiger partial charge in [-0.2, -0.15) is 0 Å². The molecule has 1 unspecified atom stereocenters. The lowest BCUT2D eigenvalue weighted by Gasteiger charge is -2.13. The number of para-hydroxylation sites is 1. The van der Waals surface area contributed by atoms with Crippen molar-refractivity contribution in [2.75, 3.05) is 5.32 Å². The van der Waals surface area contributed by atoms with Crippen LogP contribution in [0.4, 0.5) is 5.13 Å². The molecule has 1 atom stereocenters. The number of rotatable bonds is 5. The van der Waals surface area contributed by atoms with Crippen molar-refractivity contribution in [1.29, 1.82) is 0 Å². The normalized spacial score (nSPS) is 11.9. The number of furan rings is 1. The molecule has 0 saturated heterocycles. The predicted molar refractivity (Wildman–Crippen MR) is 89.7 cm³/mol. The molecule has 0 spiro atoms. The van der Waals surface area contributed by atoms with Crippen LogP contribution in [0, 0.1) is 6.92 Å². The maximum absolute atomic E-state index is 12.2. The van der Waals surface area contributed by atoms with E-state index in [0.29, 0.717) is 22.3 Å². The van der Waals surface area contributed by atoms with Gasteiger partial charge in [-0.1, -0.05) is 18.2 Å². The van der Waals surface area contributed by atoms with Gasteiger partial charge in [0.1, 0.15) is 17.2 Å². The highest BCUT2D eigenvalue weighted by Gasteiger charge is 2.17. The van der Waals surface area contributed by atoms with Crippen LogP contribution >= 0.6 is 11.3 Å². The first kappa shape index (κ1) is 15.3. The molecule has 0 aliphatic rings. The first-order valence-corrected chi connectivity index (χ1v) is 8.04. The van der Waals surface area contributed by atoms with Crippen molar-refractivity contribution in [3.8, 4) is 17.2 Å². The molecule has 3 rings (SSSR count). The van der Waals surface area contributed by atoms with Gasteiger partial charge in [-0.3, -0.25) is 10.1 Å². The number of amides is 1. The highest BCUT2D eigenvalue weighted by molar-refractivity contribution is 7.14. The molecule has 2 heterocycles. The molecule has 0 saturated carbocycles. The summed E-state index contributed by atoms with van der Waals surface area (Å²) in [7, 11) is 0. The van der Waals surface area contributed by atoms with Gasteiger partial charge >= 0.3 is 0 Å². The van der Waals surface area contributed by atoms with Gasteiger partial charge in [0.05, 0.1) is 0 Å². The zero-order valence-corrected chi connectivity index (χ0v) is 13.6. The van der Waals surface area contributed by atoms with E-state index in [1.807, 2.05) is 54.8 Å². The van der Waals surface area contributed by atoms with Gasteiger partial charge in [-0.15, -0.1) is 11.3 Å². The van der Waals surface area contributed by atoms with Crippen molar-refractivity contribution < 1.29 is 13.9 Å². The minimum Gasteiger partial charge on any atom is -0.481 e. The van der Waals surface area contributed by atoms with Crippen LogP contribution < -0.4 is 10.1 Å². The number of aromatic nitrogens is 1. The number of benzene rings is 1. The fourth-order valence-corrected chi connectivity index (χ4v) is 2.68. The molecule has 1 aromatic carbocycles. The smallest absolute Gasteiger partial charge is 0.266 e. The Morgan fingerprint density at radius 1 is 1.26 bits per heavy atom. The van der Waals surface area contributed by atoms with Crippen molar-refractivity contribution in [2.24, 2.45) is 0 Å². The van der Waals surface area contributed by atoms with Crippen molar-refractivity contribution in [2.45, 2.75) is 20.0 Å². The van der Waals surface area contributed by atoms with Gasteiger partial charge in [0.25, 0.3) is 5.91 Å². The van der Waals surface area contributed by atoms with Crippen LogP contribution in [0.2, 0.25) is 0 Å². The van der Waals surface area contributed by atoms with Gasteiger partial charge in [-0.25, -0.2) is 4.98 Å². The van der Waals surface area contributed by atoms with Crippen molar-refractivity contribution in [3.63, 3.8) is 0 Å². The largest absolute Gasteiger partial charge is 0.481 e. The number of hydrogen-bond donors (Lipinski definition) is 1. The zero-order valence-electron chi connectivity index (χ0n) is 12.8. The highest BCUT2D eigenvalue weighted by Crippen LogP contribution is 2.26. The van der Waals surface area contributed by atoms with E-state index in [1.165, 1.54) is 11.3 Å². The third kappa shape index (κ3) is 3.78. The van der Waals surface area contributed by atoms with Crippen LogP contribution in [-0.2, 0) is 4.79 Å². The monoisotopic (exact) mass is 328 g/mol. The Bertz CT molecular complexity index is 795. The minimum absolute atomic E-state index is 0.245. The van der Waals surface area contributed by atoms with Crippen LogP contribution in [0.15, 0.2) is 52.3 Å². The highest BCUT2D eigenvalue weighted by atomic mass is 32.1. The second-order valence-corrected chi connectivity index (χ2v) is 5.87. The molecule has 1 amide bonds. The lowest BCUT2D eigenvalue weighted by Crippen LogP contribution is -2.30. The summed E-state index contributed by atoms with van der Waals surface area (Å²) in [6, 6.07) is 13.0. The molecule has 3 aromatic rings. The van der Waals surface area contributed by atoms with Crippen LogP contribution in [0.25, 0.3) is 11.5 Å². The first-order chi connectivity index (χ1) is 11.1. The third-order valence-electron chi connectivity index (χ3n) is 3.15. The number of ether oxygens (including phenoxy) is 1.